The van der Waals surface area contributed by atoms with Gasteiger partial charge < -0.3 is 9.40 Å². The molecule has 7 rings (SSSR count). The van der Waals surface area contributed by atoms with Crippen molar-refractivity contribution >= 4 is 39.6 Å². The van der Waals surface area contributed by atoms with Crippen molar-refractivity contribution < 1.29 is 42.6 Å². The minimum atomic E-state index is -2.48. The molecule has 0 bridgehead atoms. The van der Waals surface area contributed by atoms with Gasteiger partial charge in [-0.3, -0.25) is 0 Å². The van der Waals surface area contributed by atoms with E-state index in [1.54, 1.807) is 54.9 Å². The van der Waals surface area contributed by atoms with Gasteiger partial charge in [-0.25, -0.2) is 0 Å². The van der Waals surface area contributed by atoms with Gasteiger partial charge in [-0.1, -0.05) is 61.4 Å². The van der Waals surface area contributed by atoms with E-state index in [4.69, 9.17) is 18.1 Å². The number of rotatable bonds is 6. The molecule has 263 valence electrons. The molecule has 0 aliphatic carbocycles. The van der Waals surface area contributed by atoms with Crippen LogP contribution in [-0.2, 0) is 32.9 Å². The normalized spacial score (nSPS) is 15.6. The number of para-hydroxylation sites is 1. The summed E-state index contributed by atoms with van der Waals surface area (Å²) in [6, 6.07) is 30.6. The summed E-state index contributed by atoms with van der Waals surface area (Å²) < 4.78 is 103. The van der Waals surface area contributed by atoms with Gasteiger partial charge in [0, 0.05) is 37.7 Å². The largest absolute Gasteiger partial charge is 0.455 e. The minimum Gasteiger partial charge on any atom is -0.455 e. The zero-order valence-corrected chi connectivity index (χ0v) is 33.8. The Morgan fingerprint density at radius 2 is 1.55 bits per heavy atom. The van der Waals surface area contributed by atoms with E-state index in [2.05, 4.69) is 39.4 Å². The molecule has 3 heterocycles. The Morgan fingerprint density at radius 3 is 2.25 bits per heavy atom. The Kier molecular flexibility index (Phi) is 8.29. The number of hydrogen-bond donors (Lipinski definition) is 0. The third kappa shape index (κ3) is 9.32. The molecule has 6 heteroatoms. The van der Waals surface area contributed by atoms with Crippen LogP contribution >= 0.6 is 0 Å². The van der Waals surface area contributed by atoms with E-state index in [0.29, 0.717) is 28.0 Å². The molecule has 0 spiro atoms. The number of nitrogens with zero attached hydrogens (tertiary/aromatic N) is 2. The number of furan rings is 1. The molecule has 0 amide bonds. The summed E-state index contributed by atoms with van der Waals surface area (Å²) >= 11 is -2.47. The summed E-state index contributed by atoms with van der Waals surface area (Å²) in [5, 5.41) is 1.83. The minimum absolute atomic E-state index is 0. The second-order valence-corrected chi connectivity index (χ2v) is 24.8. The second kappa shape index (κ2) is 15.8. The molecule has 0 unspecified atom stereocenters. The van der Waals surface area contributed by atoms with E-state index >= 15 is 0 Å². The molecule has 0 fully saturated rings. The van der Waals surface area contributed by atoms with Gasteiger partial charge in [-0.05, 0) is 23.7 Å². The zero-order valence-electron chi connectivity index (χ0n) is 39.3. The first-order chi connectivity index (χ1) is 27.7. The summed E-state index contributed by atoms with van der Waals surface area (Å²) in [4.78, 5) is 8.86. The van der Waals surface area contributed by atoms with Crippen LogP contribution in [0.25, 0.3) is 44.5 Å². The fourth-order valence-corrected chi connectivity index (χ4v) is 8.49. The topological polar surface area (TPSA) is 38.9 Å². The Labute approximate surface area is 332 Å². The molecular weight excluding hydrogens is 868 g/mol. The Hall–Kier alpha value is -3.90. The third-order valence-corrected chi connectivity index (χ3v) is 12.1. The van der Waals surface area contributed by atoms with E-state index in [0.717, 1.165) is 26.8 Å². The molecule has 1 radical (unpaired) electrons. The van der Waals surface area contributed by atoms with Crippen molar-refractivity contribution in [3.8, 4) is 22.5 Å². The van der Waals surface area contributed by atoms with Crippen molar-refractivity contribution in [3.63, 3.8) is 0 Å². The van der Waals surface area contributed by atoms with Crippen molar-refractivity contribution in [2.24, 2.45) is 5.41 Å². The van der Waals surface area contributed by atoms with E-state index in [1.165, 1.54) is 12.1 Å². The van der Waals surface area contributed by atoms with Gasteiger partial charge in [-0.2, -0.15) is 0 Å². The van der Waals surface area contributed by atoms with Gasteiger partial charge in [-0.15, -0.1) is 34.9 Å². The third-order valence-electron chi connectivity index (χ3n) is 7.91. The number of benzene rings is 4. The first kappa shape index (κ1) is 26.8. The fourth-order valence-electron chi connectivity index (χ4n) is 5.56. The van der Waals surface area contributed by atoms with E-state index in [-0.39, 0.29) is 48.1 Å². The number of aromatic nitrogens is 2. The predicted octanol–water partition coefficient (Wildman–Crippen LogP) is 11.5. The average Bonchev–Trinajstić information content (AvgIpc) is 3.54. The Bertz CT molecular complexity index is 2690. The maximum Gasteiger partial charge on any atom is 0.151 e. The molecule has 51 heavy (non-hydrogen) atoms. The van der Waals surface area contributed by atoms with E-state index in [1.807, 2.05) is 51.1 Å². The van der Waals surface area contributed by atoms with Crippen LogP contribution in [0, 0.1) is 37.1 Å². The van der Waals surface area contributed by atoms with Gasteiger partial charge in [0.2, 0.25) is 0 Å². The number of hydrogen-bond acceptors (Lipinski definition) is 3. The Balaban J connectivity index is 0.000000230. The predicted molar refractivity (Wildman–Crippen MR) is 209 cm³/mol. The number of aryl methyl sites for hydroxylation is 2. The monoisotopic (exact) mass is 925 g/mol. The van der Waals surface area contributed by atoms with E-state index in [9.17, 15) is 4.39 Å². The summed E-state index contributed by atoms with van der Waals surface area (Å²) in [6.45, 7) is 0.617. The van der Waals surface area contributed by atoms with Gasteiger partial charge in [0.05, 0.1) is 6.20 Å². The number of fused-ring (bicyclic) bond motifs is 3. The molecule has 0 saturated heterocycles. The molecule has 4 aromatic carbocycles. The second-order valence-electron chi connectivity index (χ2n) is 14.2. The van der Waals surface area contributed by atoms with Crippen molar-refractivity contribution in [1.29, 1.82) is 0 Å². The molecule has 7 aromatic rings. The quantitative estimate of drug-likeness (QED) is 0.123. The van der Waals surface area contributed by atoms with Gasteiger partial charge >= 0.3 is 149 Å². The van der Waals surface area contributed by atoms with Crippen LogP contribution in [0.3, 0.4) is 0 Å². The summed E-state index contributed by atoms with van der Waals surface area (Å²) in [7, 11) is 0. The van der Waals surface area contributed by atoms with Gasteiger partial charge in [0.1, 0.15) is 5.58 Å². The van der Waals surface area contributed by atoms with E-state index < -0.39 is 50.9 Å². The molecule has 0 saturated carbocycles. The molecule has 0 aliphatic heterocycles. The maximum atomic E-state index is 14.7. The molecule has 3 nitrogen and oxygen atoms in total. The number of halogens is 1. The van der Waals surface area contributed by atoms with Crippen LogP contribution in [-0.4, -0.2) is 23.2 Å². The van der Waals surface area contributed by atoms with Crippen molar-refractivity contribution in [2.75, 3.05) is 0 Å². The molecule has 0 atom stereocenters. The van der Waals surface area contributed by atoms with Gasteiger partial charge in [0.15, 0.2) is 5.58 Å². The number of pyridine rings is 2. The molecular formula is C45H45FGeIrN2O-2. The Morgan fingerprint density at radius 1 is 0.804 bits per heavy atom. The summed E-state index contributed by atoms with van der Waals surface area (Å²) in [6.07, 6.45) is -0.365. The van der Waals surface area contributed by atoms with Crippen molar-refractivity contribution in [3.05, 3.63) is 149 Å². The first-order valence-corrected chi connectivity index (χ1v) is 23.7. The summed E-state index contributed by atoms with van der Waals surface area (Å²) in [5.74, 6) is 5.76. The smallest absolute Gasteiger partial charge is 0.151 e. The van der Waals surface area contributed by atoms with Crippen LogP contribution in [0.2, 0.25) is 17.3 Å². The maximum absolute atomic E-state index is 14.7. The van der Waals surface area contributed by atoms with Crippen molar-refractivity contribution in [1.82, 2.24) is 9.97 Å². The average molecular weight is 924 g/mol. The zero-order chi connectivity index (χ0) is 44.2. The fraction of sp³-hybridized carbons (Fsp3) is 0.244. The van der Waals surface area contributed by atoms with Crippen LogP contribution < -0.4 is 4.40 Å². The SMILES string of the molecule is [2H]C([2H])([2H])c1c[c-]c(-c2cc(C([2H])([2H])C(C)(C)C)[c]([Ge]([CH3])([CH3])[CH3])cn2)c(F)c1.[2H]C([2H])([2H])c1c[c-]c(-c2cc3c(cn2)oc2ccccc23)cc1C([2H])([2H])c1ccccc1.[Ir]. The first-order valence-electron chi connectivity index (χ1n) is 21.3. The molecule has 0 aliphatic rings. The van der Waals surface area contributed by atoms with Crippen LogP contribution in [0.15, 0.2) is 108 Å². The summed E-state index contributed by atoms with van der Waals surface area (Å²) in [5.41, 5.74) is 2.92. The molecule has 3 aromatic heterocycles. The van der Waals surface area contributed by atoms with Gasteiger partial charge in [0.25, 0.3) is 0 Å². The molecule has 0 N–H and O–H groups in total. The van der Waals surface area contributed by atoms with Crippen molar-refractivity contribution in [2.45, 2.75) is 64.5 Å². The van der Waals surface area contributed by atoms with Crippen LogP contribution in [0.5, 0.6) is 0 Å². The van der Waals surface area contributed by atoms with Crippen LogP contribution in [0.1, 0.15) is 62.3 Å². The van der Waals surface area contributed by atoms with Crippen LogP contribution in [0.4, 0.5) is 4.39 Å². The standard InChI is InChI=1S/C25H18NO.C20H27FGeN.Ir/c1-17-11-12-19(14-20(17)13-18-7-3-2-4-8-18)23-15-22-21-9-5-6-10-24(21)27-25(22)16-26-23;1-14-8-9-16(17(21)10-14)19-11-15(12-20(2,3)4)18(13-23-19)22(5,6)7;/h2-11,14-16H,13H2,1H3;8,10-11,13H,12H2,1-7H3;/q2*-1;/i1D3,13D2;1D3,12D2;.